The Morgan fingerprint density at radius 2 is 1.10 bits per heavy atom. The van der Waals surface area contributed by atoms with Gasteiger partial charge in [-0.25, -0.2) is 0 Å². The van der Waals surface area contributed by atoms with Crippen LogP contribution < -0.4 is 0 Å². The molecule has 3 N–H and O–H groups in total. The third-order valence-electron chi connectivity index (χ3n) is 0.632. The molecular weight excluding hydrogens is 160 g/mol. The van der Waals surface area contributed by atoms with Gasteiger partial charge in [-0.2, -0.15) is 0 Å². The van der Waals surface area contributed by atoms with Gasteiger partial charge in [-0.1, -0.05) is 0 Å². The highest BCUT2D eigenvalue weighted by atomic mass is 28.3. The lowest BCUT2D eigenvalue weighted by Crippen LogP contribution is -2.28. The second-order valence-corrected chi connectivity index (χ2v) is 2.75. The molecule has 0 saturated heterocycles. The van der Waals surface area contributed by atoms with Gasteiger partial charge >= 0.3 is 9.53 Å². The summed E-state index contributed by atoms with van der Waals surface area (Å²) >= 11 is 0. The van der Waals surface area contributed by atoms with E-state index in [-0.39, 0.29) is 0 Å². The second kappa shape index (κ2) is 7.09. The lowest BCUT2D eigenvalue weighted by atomic mass is 11.6. The lowest BCUT2D eigenvalue weighted by Gasteiger charge is -2.11. The summed E-state index contributed by atoms with van der Waals surface area (Å²) in [7, 11) is -2.48. The second-order valence-electron chi connectivity index (χ2n) is 1.18. The highest BCUT2D eigenvalue weighted by Crippen LogP contribution is 1.88. The number of hydrogen-bond donors (Lipinski definition) is 3. The van der Waals surface area contributed by atoms with Gasteiger partial charge in [0.15, 0.2) is 0 Å². The van der Waals surface area contributed by atoms with Gasteiger partial charge in [-0.15, -0.1) is 0 Å². The first-order valence-corrected chi connectivity index (χ1v) is 3.94. The summed E-state index contributed by atoms with van der Waals surface area (Å²) in [5.74, 6) is 0. The van der Waals surface area contributed by atoms with Crippen LogP contribution >= 0.6 is 0 Å². The van der Waals surface area contributed by atoms with E-state index in [0.29, 0.717) is 0 Å². The molecule has 0 aliphatic heterocycles. The summed E-state index contributed by atoms with van der Waals surface area (Å²) in [5, 5.41) is 24.5. The summed E-state index contributed by atoms with van der Waals surface area (Å²) in [6, 6.07) is 0. The molecule has 0 spiro atoms. The van der Waals surface area contributed by atoms with E-state index in [1.165, 1.54) is 0 Å². The normalized spacial score (nSPS) is 10.8. The van der Waals surface area contributed by atoms with Crippen molar-refractivity contribution in [1.82, 2.24) is 0 Å². The van der Waals surface area contributed by atoms with Gasteiger partial charge in [0.2, 0.25) is 0 Å². The predicted molar refractivity (Wildman–Crippen MR) is 31.7 cm³/mol. The van der Waals surface area contributed by atoms with Crippen molar-refractivity contribution in [3.05, 3.63) is 0 Å². The van der Waals surface area contributed by atoms with E-state index in [1.54, 1.807) is 0 Å². The van der Waals surface area contributed by atoms with E-state index in [0.717, 1.165) is 0 Å². The molecular formula is C3H10O6Si. The van der Waals surface area contributed by atoms with Crippen molar-refractivity contribution in [1.29, 1.82) is 0 Å². The Bertz CT molecular complexity index is 55.7. The third-order valence-corrected chi connectivity index (χ3v) is 1.90. The van der Waals surface area contributed by atoms with Crippen molar-refractivity contribution in [2.75, 3.05) is 20.4 Å². The molecule has 0 fully saturated rings. The third kappa shape index (κ3) is 4.82. The summed E-state index contributed by atoms with van der Waals surface area (Å²) < 4.78 is 13.4. The van der Waals surface area contributed by atoms with Crippen molar-refractivity contribution < 1.29 is 28.6 Å². The maximum absolute atomic E-state index is 8.18. The Morgan fingerprint density at radius 1 is 0.800 bits per heavy atom. The maximum Gasteiger partial charge on any atom is 0.489 e. The first-order chi connectivity index (χ1) is 4.85. The van der Waals surface area contributed by atoms with E-state index in [4.69, 9.17) is 15.3 Å². The average Bonchev–Trinajstić information content (AvgIpc) is 1.90. The van der Waals surface area contributed by atoms with Crippen LogP contribution in [0.1, 0.15) is 0 Å². The molecule has 6 nitrogen and oxygen atoms in total. The molecule has 0 aromatic rings. The maximum atomic E-state index is 8.18. The molecule has 0 saturated carbocycles. The van der Waals surface area contributed by atoms with Crippen molar-refractivity contribution >= 4 is 9.53 Å². The molecule has 0 aromatic heterocycles. The zero-order chi connectivity index (χ0) is 7.82. The van der Waals surface area contributed by atoms with Crippen LogP contribution in [0.2, 0.25) is 0 Å². The van der Waals surface area contributed by atoms with Crippen LogP contribution in [0, 0.1) is 0 Å². The molecule has 0 atom stereocenters. The van der Waals surface area contributed by atoms with E-state index < -0.39 is 29.9 Å². The Kier molecular flexibility index (Phi) is 7.07. The fraction of sp³-hybridized carbons (Fsp3) is 1.00. The van der Waals surface area contributed by atoms with E-state index in [1.807, 2.05) is 0 Å². The summed E-state index contributed by atoms with van der Waals surface area (Å²) in [5.41, 5.74) is 0. The number of aliphatic hydroxyl groups excluding tert-OH is 3. The quantitative estimate of drug-likeness (QED) is 0.304. The Hall–Kier alpha value is -0.0231. The Labute approximate surface area is 59.5 Å². The summed E-state index contributed by atoms with van der Waals surface area (Å²) in [6.45, 7) is -1.63. The fourth-order valence-corrected chi connectivity index (χ4v) is 0.981. The van der Waals surface area contributed by atoms with Gasteiger partial charge in [-0.05, 0) is 0 Å². The molecule has 0 unspecified atom stereocenters. The fourth-order valence-electron chi connectivity index (χ4n) is 0.327. The minimum atomic E-state index is -2.48. The van der Waals surface area contributed by atoms with Crippen LogP contribution in [-0.2, 0) is 13.3 Å². The van der Waals surface area contributed by atoms with Crippen molar-refractivity contribution in [3.8, 4) is 0 Å². The molecule has 0 amide bonds. The number of aliphatic hydroxyl groups is 3. The molecule has 0 aliphatic rings. The molecule has 62 valence electrons. The largest absolute Gasteiger partial charge is 0.489 e. The lowest BCUT2D eigenvalue weighted by molar-refractivity contribution is -0.0403. The molecule has 0 rings (SSSR count). The Morgan fingerprint density at radius 3 is 1.30 bits per heavy atom. The molecule has 0 bridgehead atoms. The van der Waals surface area contributed by atoms with E-state index >= 15 is 0 Å². The molecule has 0 heterocycles. The van der Waals surface area contributed by atoms with Crippen LogP contribution in [0.5, 0.6) is 0 Å². The SMILES string of the molecule is OCO[SiH](OCO)OCO. The Balaban J connectivity index is 3.30. The summed E-state index contributed by atoms with van der Waals surface area (Å²) in [4.78, 5) is 0. The van der Waals surface area contributed by atoms with Crippen molar-refractivity contribution in [3.63, 3.8) is 0 Å². The topological polar surface area (TPSA) is 88.4 Å². The van der Waals surface area contributed by atoms with Crippen LogP contribution in [0.3, 0.4) is 0 Å². The first kappa shape index (κ1) is 9.98. The van der Waals surface area contributed by atoms with Gasteiger partial charge in [-0.3, -0.25) is 0 Å². The standard InChI is InChI=1S/C3H10O6Si/c4-1-7-10(8-2-5)9-3-6/h4-6,10H,1-3H2. The minimum Gasteiger partial charge on any atom is -0.372 e. The zero-order valence-electron chi connectivity index (χ0n) is 5.27. The van der Waals surface area contributed by atoms with Gasteiger partial charge < -0.3 is 28.6 Å². The monoisotopic (exact) mass is 170 g/mol. The zero-order valence-corrected chi connectivity index (χ0v) is 6.42. The predicted octanol–water partition coefficient (Wildman–Crippen LogP) is -2.40. The molecule has 0 aliphatic carbocycles. The van der Waals surface area contributed by atoms with Gasteiger partial charge in [0.05, 0.1) is 0 Å². The average molecular weight is 170 g/mol. The smallest absolute Gasteiger partial charge is 0.372 e. The van der Waals surface area contributed by atoms with Gasteiger partial charge in [0, 0.05) is 0 Å². The van der Waals surface area contributed by atoms with Crippen LogP contribution in [0.15, 0.2) is 0 Å². The van der Waals surface area contributed by atoms with Crippen LogP contribution in [0.25, 0.3) is 0 Å². The summed E-state index contributed by atoms with van der Waals surface area (Å²) in [6.07, 6.45) is 0. The van der Waals surface area contributed by atoms with Crippen molar-refractivity contribution in [2.24, 2.45) is 0 Å². The molecule has 0 aromatic carbocycles. The van der Waals surface area contributed by atoms with Gasteiger partial charge in [0.25, 0.3) is 0 Å². The van der Waals surface area contributed by atoms with Crippen LogP contribution in [-0.4, -0.2) is 45.2 Å². The number of rotatable bonds is 6. The van der Waals surface area contributed by atoms with E-state index in [2.05, 4.69) is 13.3 Å². The van der Waals surface area contributed by atoms with E-state index in [9.17, 15) is 0 Å². The number of hydrogen-bond acceptors (Lipinski definition) is 6. The van der Waals surface area contributed by atoms with Crippen molar-refractivity contribution in [2.45, 2.75) is 0 Å². The molecule has 7 heteroatoms. The minimum absolute atomic E-state index is 0.545. The highest BCUT2D eigenvalue weighted by Gasteiger charge is 2.12. The highest BCUT2D eigenvalue weighted by molar-refractivity contribution is 6.36. The molecule has 0 radical (unpaired) electrons. The van der Waals surface area contributed by atoms with Crippen LogP contribution in [0.4, 0.5) is 0 Å². The first-order valence-electron chi connectivity index (χ1n) is 2.52. The van der Waals surface area contributed by atoms with Gasteiger partial charge in [0.1, 0.15) is 20.4 Å². The molecule has 10 heavy (non-hydrogen) atoms.